The molecule has 2 aromatic rings. The molecule has 0 bridgehead atoms. The SMILES string of the molecule is Fc1cccc(NNc2nc(N3CCCCC3)nc(N3CCCCC3)n2)c1. The van der Waals surface area contributed by atoms with Gasteiger partial charge in [-0.2, -0.15) is 15.0 Å². The largest absolute Gasteiger partial charge is 0.341 e. The zero-order valence-corrected chi connectivity index (χ0v) is 15.5. The fourth-order valence-corrected chi connectivity index (χ4v) is 3.57. The lowest BCUT2D eigenvalue weighted by Gasteiger charge is -2.30. The van der Waals surface area contributed by atoms with Crippen molar-refractivity contribution in [3.63, 3.8) is 0 Å². The molecule has 1 aromatic heterocycles. The topological polar surface area (TPSA) is 69.2 Å². The molecule has 0 unspecified atom stereocenters. The van der Waals surface area contributed by atoms with E-state index in [0.717, 1.165) is 51.9 Å². The first-order valence-electron chi connectivity index (χ1n) is 9.81. The van der Waals surface area contributed by atoms with E-state index < -0.39 is 0 Å². The van der Waals surface area contributed by atoms with Crippen molar-refractivity contribution < 1.29 is 4.39 Å². The highest BCUT2D eigenvalue weighted by Gasteiger charge is 2.20. The van der Waals surface area contributed by atoms with Crippen molar-refractivity contribution >= 4 is 23.5 Å². The third kappa shape index (κ3) is 4.56. The fraction of sp³-hybridized carbons (Fsp3) is 0.526. The molecule has 0 amide bonds. The maximum absolute atomic E-state index is 13.4. The predicted molar refractivity (Wildman–Crippen MR) is 106 cm³/mol. The zero-order valence-electron chi connectivity index (χ0n) is 15.5. The second-order valence-electron chi connectivity index (χ2n) is 7.11. The summed E-state index contributed by atoms with van der Waals surface area (Å²) in [5.41, 5.74) is 6.62. The smallest absolute Gasteiger partial charge is 0.248 e. The number of anilines is 4. The minimum absolute atomic E-state index is 0.291. The van der Waals surface area contributed by atoms with Crippen LogP contribution < -0.4 is 20.7 Å². The summed E-state index contributed by atoms with van der Waals surface area (Å²) in [6.45, 7) is 3.89. The third-order valence-corrected chi connectivity index (χ3v) is 5.03. The Morgan fingerprint density at radius 1 is 0.741 bits per heavy atom. The summed E-state index contributed by atoms with van der Waals surface area (Å²) in [6.07, 6.45) is 7.16. The van der Waals surface area contributed by atoms with Crippen LogP contribution in [0.5, 0.6) is 0 Å². The molecule has 0 saturated carbocycles. The van der Waals surface area contributed by atoms with Gasteiger partial charge in [-0.05, 0) is 56.7 Å². The molecule has 0 aliphatic carbocycles. The van der Waals surface area contributed by atoms with E-state index in [0.29, 0.717) is 23.5 Å². The number of rotatable bonds is 5. The van der Waals surface area contributed by atoms with Crippen LogP contribution in [-0.2, 0) is 0 Å². The van der Waals surface area contributed by atoms with Gasteiger partial charge in [-0.25, -0.2) is 4.39 Å². The lowest BCUT2D eigenvalue weighted by atomic mass is 10.1. The molecule has 2 saturated heterocycles. The van der Waals surface area contributed by atoms with E-state index >= 15 is 0 Å². The molecule has 4 rings (SSSR count). The number of hydrogen-bond acceptors (Lipinski definition) is 7. The molecule has 0 atom stereocenters. The molecule has 0 radical (unpaired) electrons. The van der Waals surface area contributed by atoms with E-state index in [2.05, 4.69) is 30.6 Å². The Bertz CT molecular complexity index is 721. The summed E-state index contributed by atoms with van der Waals surface area (Å²) in [6, 6.07) is 6.28. The van der Waals surface area contributed by atoms with Gasteiger partial charge in [0.1, 0.15) is 5.82 Å². The Labute approximate surface area is 159 Å². The molecule has 1 aromatic carbocycles. The van der Waals surface area contributed by atoms with Crippen molar-refractivity contribution in [1.29, 1.82) is 0 Å². The molecule has 2 N–H and O–H groups in total. The highest BCUT2D eigenvalue weighted by Crippen LogP contribution is 2.22. The standard InChI is InChI=1S/C19H26FN7/c20-15-8-7-9-16(14-15)24-25-17-21-18(26-10-3-1-4-11-26)23-19(22-17)27-12-5-2-6-13-27/h7-9,14,24H,1-6,10-13H2,(H,21,22,23,25). The number of halogens is 1. The minimum atomic E-state index is -0.291. The highest BCUT2D eigenvalue weighted by molar-refractivity contribution is 5.51. The summed E-state index contributed by atoms with van der Waals surface area (Å²) >= 11 is 0. The summed E-state index contributed by atoms with van der Waals surface area (Å²) < 4.78 is 13.4. The Hall–Kier alpha value is -2.64. The molecule has 2 aliphatic rings. The molecule has 8 heteroatoms. The molecule has 144 valence electrons. The minimum Gasteiger partial charge on any atom is -0.341 e. The van der Waals surface area contributed by atoms with Crippen molar-refractivity contribution in [2.24, 2.45) is 0 Å². The van der Waals surface area contributed by atoms with Gasteiger partial charge in [0.25, 0.3) is 0 Å². The Kier molecular flexibility index (Phi) is 5.50. The maximum Gasteiger partial charge on any atom is 0.248 e. The van der Waals surface area contributed by atoms with E-state index in [1.165, 1.54) is 25.0 Å². The number of benzene rings is 1. The Morgan fingerprint density at radius 2 is 1.33 bits per heavy atom. The lowest BCUT2D eigenvalue weighted by Crippen LogP contribution is -2.34. The predicted octanol–water partition coefficient (Wildman–Crippen LogP) is 3.43. The van der Waals surface area contributed by atoms with Gasteiger partial charge in [0.15, 0.2) is 0 Å². The van der Waals surface area contributed by atoms with E-state index in [1.54, 1.807) is 12.1 Å². The monoisotopic (exact) mass is 371 g/mol. The van der Waals surface area contributed by atoms with Crippen LogP contribution in [0.25, 0.3) is 0 Å². The average molecular weight is 371 g/mol. The van der Waals surface area contributed by atoms with Gasteiger partial charge >= 0.3 is 0 Å². The highest BCUT2D eigenvalue weighted by atomic mass is 19.1. The third-order valence-electron chi connectivity index (χ3n) is 5.03. The number of nitrogens with one attached hydrogen (secondary N) is 2. The van der Waals surface area contributed by atoms with Crippen molar-refractivity contribution in [3.05, 3.63) is 30.1 Å². The molecular formula is C19H26FN7. The normalized spacial score (nSPS) is 17.7. The van der Waals surface area contributed by atoms with Gasteiger partial charge in [-0.15, -0.1) is 0 Å². The second kappa shape index (κ2) is 8.37. The number of piperidine rings is 2. The number of hydrazine groups is 1. The quantitative estimate of drug-likeness (QED) is 0.781. The van der Waals surface area contributed by atoms with Gasteiger partial charge in [-0.1, -0.05) is 6.07 Å². The first kappa shape index (κ1) is 17.8. The van der Waals surface area contributed by atoms with Gasteiger partial charge in [0.2, 0.25) is 17.8 Å². The van der Waals surface area contributed by atoms with Crippen LogP contribution >= 0.6 is 0 Å². The Morgan fingerprint density at radius 3 is 1.89 bits per heavy atom. The zero-order chi connectivity index (χ0) is 18.5. The summed E-state index contributed by atoms with van der Waals surface area (Å²) in [7, 11) is 0. The molecule has 27 heavy (non-hydrogen) atoms. The first-order chi connectivity index (χ1) is 13.3. The maximum atomic E-state index is 13.4. The van der Waals surface area contributed by atoms with E-state index in [4.69, 9.17) is 4.98 Å². The van der Waals surface area contributed by atoms with Crippen LogP contribution in [0.1, 0.15) is 38.5 Å². The van der Waals surface area contributed by atoms with E-state index in [9.17, 15) is 4.39 Å². The van der Waals surface area contributed by atoms with E-state index in [1.807, 2.05) is 0 Å². The lowest BCUT2D eigenvalue weighted by molar-refractivity contribution is 0.556. The number of nitrogens with zero attached hydrogens (tertiary/aromatic N) is 5. The summed E-state index contributed by atoms with van der Waals surface area (Å²) in [5, 5.41) is 0. The molecule has 2 aliphatic heterocycles. The summed E-state index contributed by atoms with van der Waals surface area (Å²) in [4.78, 5) is 18.4. The molecule has 3 heterocycles. The van der Waals surface area contributed by atoms with Gasteiger partial charge in [-0.3, -0.25) is 10.9 Å². The van der Waals surface area contributed by atoms with Gasteiger partial charge in [0, 0.05) is 26.2 Å². The van der Waals surface area contributed by atoms with Crippen LogP contribution in [0, 0.1) is 5.82 Å². The van der Waals surface area contributed by atoms with Crippen LogP contribution in [0.15, 0.2) is 24.3 Å². The molecule has 0 spiro atoms. The number of aromatic nitrogens is 3. The van der Waals surface area contributed by atoms with Crippen molar-refractivity contribution in [2.45, 2.75) is 38.5 Å². The van der Waals surface area contributed by atoms with Crippen LogP contribution in [0.3, 0.4) is 0 Å². The number of hydrogen-bond donors (Lipinski definition) is 2. The van der Waals surface area contributed by atoms with E-state index in [-0.39, 0.29) is 5.82 Å². The molecule has 2 fully saturated rings. The average Bonchev–Trinajstić information content (AvgIpc) is 2.73. The Balaban J connectivity index is 1.56. The van der Waals surface area contributed by atoms with Crippen LogP contribution in [0.2, 0.25) is 0 Å². The van der Waals surface area contributed by atoms with Crippen molar-refractivity contribution in [2.75, 3.05) is 46.8 Å². The second-order valence-corrected chi connectivity index (χ2v) is 7.11. The fourth-order valence-electron chi connectivity index (χ4n) is 3.57. The van der Waals surface area contributed by atoms with Crippen LogP contribution in [0.4, 0.5) is 27.9 Å². The molecule has 7 nitrogen and oxygen atoms in total. The molecular weight excluding hydrogens is 345 g/mol. The van der Waals surface area contributed by atoms with Crippen LogP contribution in [-0.4, -0.2) is 41.1 Å². The van der Waals surface area contributed by atoms with Gasteiger partial charge < -0.3 is 9.80 Å². The van der Waals surface area contributed by atoms with Gasteiger partial charge in [0.05, 0.1) is 5.69 Å². The van der Waals surface area contributed by atoms with Crippen molar-refractivity contribution in [1.82, 2.24) is 15.0 Å². The summed E-state index contributed by atoms with van der Waals surface area (Å²) in [5.74, 6) is 1.60. The van der Waals surface area contributed by atoms with Crippen molar-refractivity contribution in [3.8, 4) is 0 Å². The first-order valence-corrected chi connectivity index (χ1v) is 9.81.